The van der Waals surface area contributed by atoms with Gasteiger partial charge in [0.05, 0.1) is 0 Å². The highest BCUT2D eigenvalue weighted by molar-refractivity contribution is 5.82. The van der Waals surface area contributed by atoms with E-state index in [0.29, 0.717) is 5.78 Å². The molecule has 0 aromatic rings. The van der Waals surface area contributed by atoms with E-state index in [4.69, 9.17) is 0 Å². The minimum atomic E-state index is -0.0295. The van der Waals surface area contributed by atoms with Crippen LogP contribution in [-0.4, -0.2) is 18.9 Å². The van der Waals surface area contributed by atoms with Crippen molar-refractivity contribution in [2.45, 2.75) is 33.1 Å². The Bertz CT molecular complexity index is 148. The Morgan fingerprint density at radius 2 is 2.36 bits per heavy atom. The molecule has 0 saturated carbocycles. The van der Waals surface area contributed by atoms with Gasteiger partial charge in [0.2, 0.25) is 0 Å². The Hall–Kier alpha value is -0.370. The molecule has 1 N–H and O–H groups in total. The first-order chi connectivity index (χ1) is 5.21. The standard InChI is InChI=1S/C9H17NO/c1-3-9(8(2)11)5-4-6-10-7-9/h10H,3-7H2,1-2H3. The topological polar surface area (TPSA) is 29.1 Å². The molecule has 0 aromatic carbocycles. The molecular weight excluding hydrogens is 138 g/mol. The Balaban J connectivity index is 2.64. The second-order valence-electron chi connectivity index (χ2n) is 3.47. The van der Waals surface area contributed by atoms with Crippen LogP contribution in [0.1, 0.15) is 33.1 Å². The van der Waals surface area contributed by atoms with Crippen molar-refractivity contribution in [3.05, 3.63) is 0 Å². The van der Waals surface area contributed by atoms with Gasteiger partial charge in [-0.25, -0.2) is 0 Å². The maximum absolute atomic E-state index is 11.3. The average Bonchev–Trinajstić information content (AvgIpc) is 2.05. The lowest BCUT2D eigenvalue weighted by Crippen LogP contribution is -2.44. The van der Waals surface area contributed by atoms with Crippen molar-refractivity contribution in [3.8, 4) is 0 Å². The molecule has 1 rings (SSSR count). The van der Waals surface area contributed by atoms with Crippen LogP contribution in [0.3, 0.4) is 0 Å². The summed E-state index contributed by atoms with van der Waals surface area (Å²) in [5, 5.41) is 3.29. The van der Waals surface area contributed by atoms with Crippen LogP contribution >= 0.6 is 0 Å². The Morgan fingerprint density at radius 3 is 2.64 bits per heavy atom. The molecule has 0 amide bonds. The van der Waals surface area contributed by atoms with Crippen molar-refractivity contribution in [1.29, 1.82) is 0 Å². The van der Waals surface area contributed by atoms with E-state index in [2.05, 4.69) is 12.2 Å². The molecule has 64 valence electrons. The summed E-state index contributed by atoms with van der Waals surface area (Å²) < 4.78 is 0. The van der Waals surface area contributed by atoms with Crippen molar-refractivity contribution in [2.24, 2.45) is 5.41 Å². The summed E-state index contributed by atoms with van der Waals surface area (Å²) in [5.74, 6) is 0.354. The molecule has 1 heterocycles. The molecule has 1 unspecified atom stereocenters. The van der Waals surface area contributed by atoms with Gasteiger partial charge in [-0.2, -0.15) is 0 Å². The second kappa shape index (κ2) is 3.35. The van der Waals surface area contributed by atoms with Gasteiger partial charge in [-0.1, -0.05) is 6.92 Å². The van der Waals surface area contributed by atoms with Crippen LogP contribution in [0.25, 0.3) is 0 Å². The predicted molar refractivity (Wildman–Crippen MR) is 45.5 cm³/mol. The average molecular weight is 155 g/mol. The van der Waals surface area contributed by atoms with Crippen LogP contribution < -0.4 is 5.32 Å². The zero-order valence-electron chi connectivity index (χ0n) is 7.44. The van der Waals surface area contributed by atoms with E-state index < -0.39 is 0 Å². The second-order valence-corrected chi connectivity index (χ2v) is 3.47. The molecule has 2 heteroatoms. The number of carbonyl (C=O) groups excluding carboxylic acids is 1. The van der Waals surface area contributed by atoms with E-state index in [-0.39, 0.29) is 5.41 Å². The van der Waals surface area contributed by atoms with Crippen molar-refractivity contribution < 1.29 is 4.79 Å². The molecule has 0 aromatic heterocycles. The first-order valence-corrected chi connectivity index (χ1v) is 4.43. The van der Waals surface area contributed by atoms with Gasteiger partial charge in [-0.15, -0.1) is 0 Å². The third kappa shape index (κ3) is 1.62. The summed E-state index contributed by atoms with van der Waals surface area (Å²) in [5.41, 5.74) is -0.0295. The molecule has 1 aliphatic heterocycles. The van der Waals surface area contributed by atoms with Crippen LogP contribution in [0.15, 0.2) is 0 Å². The summed E-state index contributed by atoms with van der Waals surface area (Å²) in [7, 11) is 0. The number of hydrogen-bond donors (Lipinski definition) is 1. The lowest BCUT2D eigenvalue weighted by molar-refractivity contribution is -0.127. The normalized spacial score (nSPS) is 31.8. The molecule has 11 heavy (non-hydrogen) atoms. The molecular formula is C9H17NO. The fourth-order valence-electron chi connectivity index (χ4n) is 1.82. The zero-order valence-corrected chi connectivity index (χ0v) is 7.44. The Labute approximate surface area is 68.4 Å². The maximum Gasteiger partial charge on any atom is 0.137 e. The molecule has 1 fully saturated rings. The highest BCUT2D eigenvalue weighted by Gasteiger charge is 2.34. The van der Waals surface area contributed by atoms with Gasteiger partial charge >= 0.3 is 0 Å². The van der Waals surface area contributed by atoms with E-state index in [1.54, 1.807) is 6.92 Å². The molecule has 0 radical (unpaired) electrons. The number of ketones is 1. The first kappa shape index (κ1) is 8.72. The minimum absolute atomic E-state index is 0.0295. The third-order valence-corrected chi connectivity index (χ3v) is 2.90. The van der Waals surface area contributed by atoms with Crippen LogP contribution in [-0.2, 0) is 4.79 Å². The van der Waals surface area contributed by atoms with Gasteiger partial charge in [0.15, 0.2) is 0 Å². The lowest BCUT2D eigenvalue weighted by Gasteiger charge is -2.34. The van der Waals surface area contributed by atoms with Gasteiger partial charge in [-0.3, -0.25) is 4.79 Å². The fourth-order valence-corrected chi connectivity index (χ4v) is 1.82. The molecule has 0 aliphatic carbocycles. The van der Waals surface area contributed by atoms with Crippen molar-refractivity contribution in [1.82, 2.24) is 5.32 Å². The molecule has 2 nitrogen and oxygen atoms in total. The highest BCUT2D eigenvalue weighted by Crippen LogP contribution is 2.30. The van der Waals surface area contributed by atoms with Crippen LogP contribution in [0.4, 0.5) is 0 Å². The minimum Gasteiger partial charge on any atom is -0.316 e. The van der Waals surface area contributed by atoms with Crippen molar-refractivity contribution in [3.63, 3.8) is 0 Å². The highest BCUT2D eigenvalue weighted by atomic mass is 16.1. The van der Waals surface area contributed by atoms with E-state index in [9.17, 15) is 4.79 Å². The van der Waals surface area contributed by atoms with E-state index in [1.165, 1.54) is 0 Å². The van der Waals surface area contributed by atoms with Gasteiger partial charge < -0.3 is 5.32 Å². The van der Waals surface area contributed by atoms with Gasteiger partial charge in [0, 0.05) is 12.0 Å². The molecule has 0 spiro atoms. The van der Waals surface area contributed by atoms with Crippen molar-refractivity contribution >= 4 is 5.78 Å². The van der Waals surface area contributed by atoms with Crippen LogP contribution in [0.2, 0.25) is 0 Å². The number of piperidine rings is 1. The number of carbonyl (C=O) groups is 1. The maximum atomic E-state index is 11.3. The predicted octanol–water partition coefficient (Wildman–Crippen LogP) is 1.36. The zero-order chi connectivity index (χ0) is 8.32. The van der Waals surface area contributed by atoms with Crippen LogP contribution in [0.5, 0.6) is 0 Å². The fraction of sp³-hybridized carbons (Fsp3) is 0.889. The smallest absolute Gasteiger partial charge is 0.137 e. The molecule has 1 saturated heterocycles. The molecule has 1 atom stereocenters. The summed E-state index contributed by atoms with van der Waals surface area (Å²) in [4.78, 5) is 11.3. The van der Waals surface area contributed by atoms with Gasteiger partial charge in [-0.05, 0) is 32.7 Å². The number of nitrogens with one attached hydrogen (secondary N) is 1. The van der Waals surface area contributed by atoms with E-state index >= 15 is 0 Å². The summed E-state index contributed by atoms with van der Waals surface area (Å²) in [6.45, 7) is 5.79. The van der Waals surface area contributed by atoms with Gasteiger partial charge in [0.25, 0.3) is 0 Å². The Morgan fingerprint density at radius 1 is 1.64 bits per heavy atom. The van der Waals surface area contributed by atoms with E-state index in [0.717, 1.165) is 32.4 Å². The van der Waals surface area contributed by atoms with Crippen molar-refractivity contribution in [2.75, 3.05) is 13.1 Å². The summed E-state index contributed by atoms with van der Waals surface area (Å²) in [6.07, 6.45) is 3.20. The molecule has 1 aliphatic rings. The largest absolute Gasteiger partial charge is 0.316 e. The summed E-state index contributed by atoms with van der Waals surface area (Å²) in [6, 6.07) is 0. The number of Topliss-reactive ketones (excluding diaryl/α,β-unsaturated/α-hetero) is 1. The lowest BCUT2D eigenvalue weighted by atomic mass is 9.75. The molecule has 0 bridgehead atoms. The quantitative estimate of drug-likeness (QED) is 0.652. The number of rotatable bonds is 2. The Kier molecular flexibility index (Phi) is 2.66. The van der Waals surface area contributed by atoms with E-state index in [1.807, 2.05) is 0 Å². The monoisotopic (exact) mass is 155 g/mol. The third-order valence-electron chi connectivity index (χ3n) is 2.90. The number of hydrogen-bond acceptors (Lipinski definition) is 2. The summed E-state index contributed by atoms with van der Waals surface area (Å²) >= 11 is 0. The first-order valence-electron chi connectivity index (χ1n) is 4.43. The SMILES string of the molecule is CCC1(C(C)=O)CCCNC1. The van der Waals surface area contributed by atoms with Gasteiger partial charge in [0.1, 0.15) is 5.78 Å². The van der Waals surface area contributed by atoms with Crippen LogP contribution in [0, 0.1) is 5.41 Å².